The lowest BCUT2D eigenvalue weighted by Gasteiger charge is -2.03. The Labute approximate surface area is 117 Å². The number of carboxylic acid groups (broad SMARTS) is 1. The van der Waals surface area contributed by atoms with Gasteiger partial charge in [0.05, 0.1) is 10.5 Å². The molecule has 2 heterocycles. The van der Waals surface area contributed by atoms with Crippen molar-refractivity contribution in [1.82, 2.24) is 14.7 Å². The van der Waals surface area contributed by atoms with Crippen molar-refractivity contribution in [2.75, 3.05) is 6.54 Å². The van der Waals surface area contributed by atoms with Gasteiger partial charge >= 0.3 is 5.97 Å². The van der Waals surface area contributed by atoms with Crippen molar-refractivity contribution in [3.05, 3.63) is 27.8 Å². The van der Waals surface area contributed by atoms with Gasteiger partial charge in [0.15, 0.2) is 9.90 Å². The quantitative estimate of drug-likeness (QED) is 0.816. The van der Waals surface area contributed by atoms with Crippen molar-refractivity contribution < 1.29 is 18.3 Å². The van der Waals surface area contributed by atoms with Gasteiger partial charge in [-0.15, -0.1) is 22.7 Å². The molecule has 0 spiro atoms. The number of carboxylic acids is 1. The summed E-state index contributed by atoms with van der Waals surface area (Å²) in [6.45, 7) is 0.160. The molecular weight excluding hydrogens is 310 g/mol. The number of hydrogen-bond acceptors (Lipinski definition) is 7. The molecule has 0 saturated heterocycles. The summed E-state index contributed by atoms with van der Waals surface area (Å²) in [6.07, 6.45) is 2.10. The van der Waals surface area contributed by atoms with E-state index in [0.29, 0.717) is 6.42 Å². The zero-order valence-electron chi connectivity index (χ0n) is 9.44. The van der Waals surface area contributed by atoms with E-state index in [4.69, 9.17) is 5.11 Å². The van der Waals surface area contributed by atoms with Crippen molar-refractivity contribution in [2.45, 2.75) is 10.6 Å². The Balaban J connectivity index is 2.06. The molecule has 0 fully saturated rings. The molecule has 0 saturated carbocycles. The molecule has 7 nitrogen and oxygen atoms in total. The zero-order valence-corrected chi connectivity index (χ0v) is 11.9. The third-order valence-electron chi connectivity index (χ3n) is 2.10. The molecule has 102 valence electrons. The average molecular weight is 319 g/mol. The molecule has 10 heteroatoms. The van der Waals surface area contributed by atoms with Crippen LogP contribution in [0.1, 0.15) is 15.5 Å². The lowest BCUT2D eigenvalue weighted by atomic mass is 10.5. The summed E-state index contributed by atoms with van der Waals surface area (Å²) < 4.78 is 25.9. The second-order valence-electron chi connectivity index (χ2n) is 3.37. The normalized spacial score (nSPS) is 11.6. The maximum Gasteiger partial charge on any atom is 0.356 e. The van der Waals surface area contributed by atoms with Crippen LogP contribution >= 0.6 is 22.7 Å². The van der Waals surface area contributed by atoms with E-state index in [-0.39, 0.29) is 10.8 Å². The maximum atomic E-state index is 11.9. The lowest BCUT2D eigenvalue weighted by Crippen LogP contribution is -2.26. The number of aromatic nitrogens is 2. The van der Waals surface area contributed by atoms with Crippen LogP contribution in [0.25, 0.3) is 0 Å². The van der Waals surface area contributed by atoms with Crippen LogP contribution in [0.2, 0.25) is 0 Å². The Morgan fingerprint density at radius 1 is 1.37 bits per heavy atom. The molecular formula is C9H9N3O4S3. The second kappa shape index (κ2) is 5.74. The number of carbonyl (C=O) groups is 1. The second-order valence-corrected chi connectivity index (χ2v) is 7.16. The average Bonchev–Trinajstić information content (AvgIpc) is 2.99. The molecule has 0 unspecified atom stereocenters. The van der Waals surface area contributed by atoms with Crippen LogP contribution in [0, 0.1) is 0 Å². The Morgan fingerprint density at radius 3 is 2.79 bits per heavy atom. The predicted molar refractivity (Wildman–Crippen MR) is 70.1 cm³/mol. The minimum atomic E-state index is -3.84. The molecule has 2 aromatic heterocycles. The van der Waals surface area contributed by atoms with E-state index < -0.39 is 21.7 Å². The van der Waals surface area contributed by atoms with Gasteiger partial charge in [-0.2, -0.15) is 0 Å². The van der Waals surface area contributed by atoms with Crippen molar-refractivity contribution in [2.24, 2.45) is 0 Å². The van der Waals surface area contributed by atoms with Crippen molar-refractivity contribution in [1.29, 1.82) is 0 Å². The summed E-state index contributed by atoms with van der Waals surface area (Å²) in [7, 11) is -3.84. The molecule has 0 aliphatic heterocycles. The van der Waals surface area contributed by atoms with E-state index in [1.54, 1.807) is 11.6 Å². The third kappa shape index (κ3) is 3.35. The zero-order chi connectivity index (χ0) is 13.9. The van der Waals surface area contributed by atoms with Gasteiger partial charge < -0.3 is 5.11 Å². The molecule has 0 radical (unpaired) electrons. The molecule has 2 N–H and O–H groups in total. The number of nitrogens with one attached hydrogen (secondary N) is 1. The topological polar surface area (TPSA) is 109 Å². The van der Waals surface area contributed by atoms with E-state index in [9.17, 15) is 13.2 Å². The van der Waals surface area contributed by atoms with Crippen molar-refractivity contribution in [3.8, 4) is 0 Å². The number of sulfonamides is 1. The standard InChI is InChI=1S/C9H9N3O4S3/c13-8(14)7-9(18-5-11-7)19(15,16)12-2-1-6-10-3-4-17-6/h3-5,12H,1-2H2,(H,13,14). The fourth-order valence-electron chi connectivity index (χ4n) is 1.30. The number of rotatable bonds is 6. The highest BCUT2D eigenvalue weighted by molar-refractivity contribution is 7.91. The maximum absolute atomic E-state index is 11.9. The largest absolute Gasteiger partial charge is 0.476 e. The molecule has 2 rings (SSSR count). The highest BCUT2D eigenvalue weighted by Gasteiger charge is 2.25. The third-order valence-corrected chi connectivity index (χ3v) is 5.77. The predicted octanol–water partition coefficient (Wildman–Crippen LogP) is 0.819. The van der Waals surface area contributed by atoms with E-state index in [0.717, 1.165) is 16.3 Å². The summed E-state index contributed by atoms with van der Waals surface area (Å²) in [6, 6.07) is 0. The smallest absolute Gasteiger partial charge is 0.356 e. The first-order valence-electron chi connectivity index (χ1n) is 5.05. The van der Waals surface area contributed by atoms with Gasteiger partial charge in [-0.25, -0.2) is 27.9 Å². The van der Waals surface area contributed by atoms with E-state index in [1.165, 1.54) is 16.8 Å². The summed E-state index contributed by atoms with van der Waals surface area (Å²) in [4.78, 5) is 18.4. The van der Waals surface area contributed by atoms with Crippen molar-refractivity contribution >= 4 is 38.7 Å². The van der Waals surface area contributed by atoms with Crippen LogP contribution in [0.5, 0.6) is 0 Å². The molecule has 19 heavy (non-hydrogen) atoms. The first-order valence-corrected chi connectivity index (χ1v) is 8.30. The van der Waals surface area contributed by atoms with E-state index in [2.05, 4.69) is 14.7 Å². The van der Waals surface area contributed by atoms with Crippen LogP contribution in [-0.4, -0.2) is 36.0 Å². The van der Waals surface area contributed by atoms with Crippen molar-refractivity contribution in [3.63, 3.8) is 0 Å². The molecule has 2 aromatic rings. The fraction of sp³-hybridized carbons (Fsp3) is 0.222. The summed E-state index contributed by atoms with van der Waals surface area (Å²) in [5, 5.41) is 11.4. The van der Waals surface area contributed by atoms with Crippen LogP contribution in [0.15, 0.2) is 21.3 Å². The van der Waals surface area contributed by atoms with Gasteiger partial charge in [0, 0.05) is 24.5 Å². The Kier molecular flexibility index (Phi) is 4.24. The monoisotopic (exact) mass is 319 g/mol. The Bertz CT molecular complexity index is 663. The summed E-state index contributed by atoms with van der Waals surface area (Å²) in [5.41, 5.74) is 0.741. The van der Waals surface area contributed by atoms with Crippen LogP contribution in [-0.2, 0) is 16.4 Å². The van der Waals surface area contributed by atoms with Crippen LogP contribution in [0.4, 0.5) is 0 Å². The highest BCUT2D eigenvalue weighted by Crippen LogP contribution is 2.19. The van der Waals surface area contributed by atoms with E-state index in [1.807, 2.05) is 0 Å². The number of nitrogens with zero attached hydrogens (tertiary/aromatic N) is 2. The SMILES string of the molecule is O=C(O)c1ncsc1S(=O)(=O)NCCc1nccs1. The number of hydrogen-bond donors (Lipinski definition) is 2. The minimum Gasteiger partial charge on any atom is -0.476 e. The minimum absolute atomic E-state index is 0.160. The number of thiazole rings is 2. The fourth-order valence-corrected chi connectivity index (χ4v) is 4.14. The summed E-state index contributed by atoms with van der Waals surface area (Å²) >= 11 is 2.21. The van der Waals surface area contributed by atoms with E-state index >= 15 is 0 Å². The van der Waals surface area contributed by atoms with Gasteiger partial charge in [-0.05, 0) is 0 Å². The highest BCUT2D eigenvalue weighted by atomic mass is 32.2. The van der Waals surface area contributed by atoms with Gasteiger partial charge in [0.2, 0.25) is 0 Å². The van der Waals surface area contributed by atoms with Crippen LogP contribution in [0.3, 0.4) is 0 Å². The molecule has 0 aliphatic carbocycles. The van der Waals surface area contributed by atoms with Gasteiger partial charge in [0.25, 0.3) is 10.0 Å². The van der Waals surface area contributed by atoms with Gasteiger partial charge in [0.1, 0.15) is 0 Å². The van der Waals surface area contributed by atoms with Gasteiger partial charge in [-0.3, -0.25) is 0 Å². The number of aromatic carboxylic acids is 1. The molecule has 0 bridgehead atoms. The summed E-state index contributed by atoms with van der Waals surface area (Å²) in [5.74, 6) is -1.36. The molecule has 0 atom stereocenters. The van der Waals surface area contributed by atoms with Crippen LogP contribution < -0.4 is 4.72 Å². The molecule has 0 amide bonds. The van der Waals surface area contributed by atoms with Gasteiger partial charge in [-0.1, -0.05) is 0 Å². The molecule has 0 aliphatic rings. The molecule has 0 aromatic carbocycles. The first-order chi connectivity index (χ1) is 9.00. The lowest BCUT2D eigenvalue weighted by molar-refractivity contribution is 0.0687. The Morgan fingerprint density at radius 2 is 2.16 bits per heavy atom. The Hall–Kier alpha value is -1.36. The first kappa shape index (κ1) is 14.1.